The molecule has 0 amide bonds. The number of carbonyl (C=O) groups is 2. The standard InChI is InChI=1S/C18H18Cl2N4O5S2/c1-30-18-21-23-24(22-18)8-9-29-17-13(31(2,27)28)7-6-10(15(17)20)16(26)14-11(19)4-3-5-12(14)25/h6-7H,3-5,8-9H2,1-2H3. The van der Waals surface area contributed by atoms with Gasteiger partial charge in [0.05, 0.1) is 17.1 Å². The summed E-state index contributed by atoms with van der Waals surface area (Å²) in [6, 6.07) is 2.49. The van der Waals surface area contributed by atoms with E-state index < -0.39 is 15.6 Å². The zero-order valence-electron chi connectivity index (χ0n) is 16.6. The zero-order chi connectivity index (χ0) is 22.8. The van der Waals surface area contributed by atoms with Crippen LogP contribution < -0.4 is 4.74 Å². The number of nitrogens with zero attached hydrogens (tertiary/aromatic N) is 4. The van der Waals surface area contributed by atoms with E-state index in [1.54, 1.807) is 6.26 Å². The number of hydrogen-bond donors (Lipinski definition) is 0. The van der Waals surface area contributed by atoms with Gasteiger partial charge in [-0.25, -0.2) is 8.42 Å². The third-order valence-electron chi connectivity index (χ3n) is 4.44. The summed E-state index contributed by atoms with van der Waals surface area (Å²) in [6.45, 7) is 0.132. The van der Waals surface area contributed by atoms with Crippen molar-refractivity contribution in [3.8, 4) is 5.75 Å². The number of sulfone groups is 1. The van der Waals surface area contributed by atoms with Crippen LogP contribution >= 0.6 is 35.0 Å². The Morgan fingerprint density at radius 3 is 2.65 bits per heavy atom. The fraction of sp³-hybridized carbons (Fsp3) is 0.389. The van der Waals surface area contributed by atoms with Gasteiger partial charge in [0, 0.05) is 23.3 Å². The topological polar surface area (TPSA) is 121 Å². The van der Waals surface area contributed by atoms with Crippen molar-refractivity contribution in [2.45, 2.75) is 35.9 Å². The molecule has 1 aromatic carbocycles. The van der Waals surface area contributed by atoms with E-state index in [0.717, 1.165) is 6.26 Å². The maximum Gasteiger partial charge on any atom is 0.230 e. The van der Waals surface area contributed by atoms with E-state index in [4.69, 9.17) is 27.9 Å². The maximum atomic E-state index is 13.0. The van der Waals surface area contributed by atoms with Crippen molar-refractivity contribution in [3.05, 3.63) is 33.3 Å². The molecule has 9 nitrogen and oxygen atoms in total. The Bertz CT molecular complexity index is 1180. The molecule has 0 bridgehead atoms. The van der Waals surface area contributed by atoms with Gasteiger partial charge >= 0.3 is 0 Å². The van der Waals surface area contributed by atoms with Crippen molar-refractivity contribution < 1.29 is 22.7 Å². The molecule has 0 radical (unpaired) electrons. The number of halogens is 2. The van der Waals surface area contributed by atoms with Crippen LogP contribution in [-0.4, -0.2) is 59.3 Å². The van der Waals surface area contributed by atoms with E-state index in [-0.39, 0.29) is 57.2 Å². The molecule has 0 spiro atoms. The highest BCUT2D eigenvalue weighted by molar-refractivity contribution is 7.98. The summed E-state index contributed by atoms with van der Waals surface area (Å²) >= 11 is 13.8. The van der Waals surface area contributed by atoms with Crippen LogP contribution in [0.25, 0.3) is 0 Å². The van der Waals surface area contributed by atoms with Crippen LogP contribution in [0.15, 0.2) is 32.8 Å². The average Bonchev–Trinajstić information content (AvgIpc) is 3.16. The predicted octanol–water partition coefficient (Wildman–Crippen LogP) is 2.96. The maximum absolute atomic E-state index is 13.0. The predicted molar refractivity (Wildman–Crippen MR) is 116 cm³/mol. The van der Waals surface area contributed by atoms with Gasteiger partial charge in [-0.15, -0.1) is 10.2 Å². The van der Waals surface area contributed by atoms with Gasteiger partial charge in [-0.1, -0.05) is 35.0 Å². The third-order valence-corrected chi connectivity index (χ3v) is 6.84. The molecule has 0 saturated carbocycles. The van der Waals surface area contributed by atoms with Gasteiger partial charge in [0.2, 0.25) is 5.16 Å². The highest BCUT2D eigenvalue weighted by Gasteiger charge is 2.30. The Hall–Kier alpha value is -1.95. The number of tetrazole rings is 1. The molecule has 3 rings (SSSR count). The highest BCUT2D eigenvalue weighted by atomic mass is 35.5. The SMILES string of the molecule is CSc1nnn(CCOc2c(S(C)(=O)=O)ccc(C(=O)C3=C(Cl)CCCC3=O)c2Cl)n1. The molecule has 0 N–H and O–H groups in total. The van der Waals surface area contributed by atoms with Crippen molar-refractivity contribution in [2.75, 3.05) is 19.1 Å². The average molecular weight is 505 g/mol. The van der Waals surface area contributed by atoms with E-state index in [0.29, 0.717) is 18.0 Å². The molecular formula is C18H18Cl2N4O5S2. The Labute approximate surface area is 193 Å². The summed E-state index contributed by atoms with van der Waals surface area (Å²) in [5.74, 6) is -1.21. The minimum absolute atomic E-state index is 0.0353. The van der Waals surface area contributed by atoms with Crippen molar-refractivity contribution in [1.82, 2.24) is 20.2 Å². The van der Waals surface area contributed by atoms with Crippen molar-refractivity contribution >= 4 is 56.4 Å². The molecule has 166 valence electrons. The van der Waals surface area contributed by atoms with Crippen molar-refractivity contribution in [2.24, 2.45) is 0 Å². The van der Waals surface area contributed by atoms with Crippen LogP contribution in [-0.2, 0) is 21.2 Å². The Morgan fingerprint density at radius 2 is 2.03 bits per heavy atom. The number of ketones is 2. The molecule has 0 atom stereocenters. The molecular weight excluding hydrogens is 487 g/mol. The fourth-order valence-electron chi connectivity index (χ4n) is 2.96. The van der Waals surface area contributed by atoms with Crippen LogP contribution in [0, 0.1) is 0 Å². The largest absolute Gasteiger partial charge is 0.489 e. The summed E-state index contributed by atoms with van der Waals surface area (Å²) in [7, 11) is -3.72. The lowest BCUT2D eigenvalue weighted by atomic mass is 9.91. The van der Waals surface area contributed by atoms with E-state index in [1.807, 2.05) is 0 Å². The van der Waals surface area contributed by atoms with Gasteiger partial charge in [0.25, 0.3) is 0 Å². The zero-order valence-corrected chi connectivity index (χ0v) is 19.7. The van der Waals surface area contributed by atoms with E-state index >= 15 is 0 Å². The molecule has 0 aliphatic heterocycles. The summed E-state index contributed by atoms with van der Waals surface area (Å²) in [5, 5.41) is 12.2. The lowest BCUT2D eigenvalue weighted by Gasteiger charge is -2.17. The van der Waals surface area contributed by atoms with Crippen molar-refractivity contribution in [1.29, 1.82) is 0 Å². The number of ether oxygens (including phenoxy) is 1. The quantitative estimate of drug-likeness (QED) is 0.303. The van der Waals surface area contributed by atoms with E-state index in [1.165, 1.54) is 28.7 Å². The summed E-state index contributed by atoms with van der Waals surface area (Å²) < 4.78 is 30.1. The number of hydrogen-bond acceptors (Lipinski definition) is 9. The Morgan fingerprint density at radius 1 is 1.29 bits per heavy atom. The Kier molecular flexibility index (Phi) is 7.40. The van der Waals surface area contributed by atoms with Crippen molar-refractivity contribution in [3.63, 3.8) is 0 Å². The number of rotatable bonds is 8. The summed E-state index contributed by atoms with van der Waals surface area (Å²) in [4.78, 5) is 26.3. The normalized spacial score (nSPS) is 14.8. The Balaban J connectivity index is 1.94. The van der Waals surface area contributed by atoms with Gasteiger partial charge in [-0.2, -0.15) is 4.80 Å². The molecule has 31 heavy (non-hydrogen) atoms. The van der Waals surface area contributed by atoms with Gasteiger partial charge in [-0.3, -0.25) is 9.59 Å². The van der Waals surface area contributed by atoms with Gasteiger partial charge in [0.15, 0.2) is 27.2 Å². The minimum Gasteiger partial charge on any atom is -0.489 e. The number of carbonyl (C=O) groups excluding carboxylic acids is 2. The number of aromatic nitrogens is 4. The molecule has 1 aromatic heterocycles. The first-order chi connectivity index (χ1) is 14.6. The molecule has 1 aliphatic carbocycles. The second-order valence-corrected chi connectivity index (χ2v) is 10.2. The number of thioether (sulfide) groups is 1. The molecule has 1 heterocycles. The smallest absolute Gasteiger partial charge is 0.230 e. The molecule has 13 heteroatoms. The highest BCUT2D eigenvalue weighted by Crippen LogP contribution is 2.38. The fourth-order valence-corrected chi connectivity index (χ4v) is 4.76. The van der Waals surface area contributed by atoms with Gasteiger partial charge < -0.3 is 4.74 Å². The van der Waals surface area contributed by atoms with Crippen LogP contribution in [0.4, 0.5) is 0 Å². The second-order valence-electron chi connectivity index (χ2n) is 6.63. The first kappa shape index (κ1) is 23.7. The summed E-state index contributed by atoms with van der Waals surface area (Å²) in [6.07, 6.45) is 4.00. The first-order valence-electron chi connectivity index (χ1n) is 9.07. The van der Waals surface area contributed by atoms with Gasteiger partial charge in [-0.05, 0) is 36.4 Å². The van der Waals surface area contributed by atoms with E-state index in [9.17, 15) is 18.0 Å². The van der Waals surface area contributed by atoms with Crippen LogP contribution in [0.5, 0.6) is 5.75 Å². The molecule has 0 fully saturated rings. The third kappa shape index (κ3) is 5.28. The second kappa shape index (κ2) is 9.68. The van der Waals surface area contributed by atoms with E-state index in [2.05, 4.69) is 15.4 Å². The lowest BCUT2D eigenvalue weighted by molar-refractivity contribution is -0.115. The molecule has 0 unspecified atom stereocenters. The summed E-state index contributed by atoms with van der Waals surface area (Å²) in [5.41, 5.74) is -0.180. The first-order valence-corrected chi connectivity index (χ1v) is 12.9. The number of allylic oxidation sites excluding steroid dienone is 2. The van der Waals surface area contributed by atoms with Crippen LogP contribution in [0.2, 0.25) is 5.02 Å². The van der Waals surface area contributed by atoms with Gasteiger partial charge in [0.1, 0.15) is 11.5 Å². The lowest BCUT2D eigenvalue weighted by Crippen LogP contribution is -2.19. The monoisotopic (exact) mass is 504 g/mol. The molecule has 2 aromatic rings. The van der Waals surface area contributed by atoms with Crippen LogP contribution in [0.3, 0.4) is 0 Å². The molecule has 0 saturated heterocycles. The minimum atomic E-state index is -3.72. The molecule has 1 aliphatic rings. The number of Topliss-reactive ketones (excluding diaryl/α,β-unsaturated/α-hetero) is 2. The number of benzene rings is 1. The van der Waals surface area contributed by atoms with Crippen LogP contribution in [0.1, 0.15) is 29.6 Å².